The van der Waals surface area contributed by atoms with Crippen LogP contribution < -0.4 is 39.7 Å². The van der Waals surface area contributed by atoms with Crippen molar-refractivity contribution in [3.63, 3.8) is 0 Å². The number of methoxy groups -OCH3 is 3. The van der Waals surface area contributed by atoms with Crippen LogP contribution in [-0.2, 0) is 54.0 Å². The Morgan fingerprint density at radius 1 is 0.712 bits per heavy atom. The van der Waals surface area contributed by atoms with E-state index in [-0.39, 0.29) is 123 Å². The van der Waals surface area contributed by atoms with Crippen LogP contribution in [0.3, 0.4) is 0 Å². The van der Waals surface area contributed by atoms with E-state index in [2.05, 4.69) is 67.6 Å². The number of hydrogen-bond acceptors (Lipinski definition) is 21. The number of benzene rings is 3. The number of hydrogen-bond donors (Lipinski definition) is 0. The Balaban J connectivity index is -0.000000334. The summed E-state index contributed by atoms with van der Waals surface area (Å²) in [7, 11) is 4.38. The Kier molecular flexibility index (Phi) is 46.7. The van der Waals surface area contributed by atoms with Crippen molar-refractivity contribution < 1.29 is 142 Å². The van der Waals surface area contributed by atoms with Crippen molar-refractivity contribution in [3.8, 4) is 40.6 Å². The standard InChI is InChI=1S/C30H33Br3N4O6.C2H3N.2C2H4O2.Dy.2NO3.H2O.2Zn/c1-41-24-13-20(31)10-18(27(24)38)16-34-4-6-36-8-9-37(30(36)23-12-22(33)15-26(43-3)29(23)40)7-5-35-17-19-11-21(32)14-25(42-2)28(19)39;1-2-3;2*1-2(3)4;;2*2-1(3)4;;;/h10-17,30,38-40H,4-9H2,1-3H3;1H3;2*1H3,(H,3,4);;;;1H2;;/q;;;;+3;2*-1;;2*+2/p-4. The van der Waals surface area contributed by atoms with E-state index in [0.29, 0.717) is 56.0 Å². The average Bonchev–Trinajstić information content (AvgIpc) is 3.56. The third-order valence-corrected chi connectivity index (χ3v) is 8.32. The van der Waals surface area contributed by atoms with Gasteiger partial charge in [0.05, 0.1) is 56.8 Å². The summed E-state index contributed by atoms with van der Waals surface area (Å²) in [5.41, 5.74) is 1.42. The van der Waals surface area contributed by atoms with Gasteiger partial charge in [0.25, 0.3) is 0 Å². The number of carbonyl (C=O) groups excluding carboxylic acids is 2. The Morgan fingerprint density at radius 2 is 0.970 bits per heavy atom. The van der Waals surface area contributed by atoms with Gasteiger partial charge in [-0.3, -0.25) is 19.8 Å². The third-order valence-electron chi connectivity index (χ3n) is 6.94. The topological polar surface area (TPSA) is 398 Å². The zero-order valence-electron chi connectivity index (χ0n) is 36.0. The number of nitrogens with zero attached hydrogens (tertiary/aromatic N) is 7. The number of aliphatic imine (C=N–C) groups is 2. The van der Waals surface area contributed by atoms with Crippen molar-refractivity contribution in [2.24, 2.45) is 9.98 Å². The van der Waals surface area contributed by atoms with Gasteiger partial charge in [-0.2, -0.15) is 5.26 Å². The monoisotopic (exact) mass is 1370 g/mol. The molecule has 0 unspecified atom stereocenters. The van der Waals surface area contributed by atoms with Crippen LogP contribution >= 0.6 is 47.8 Å². The van der Waals surface area contributed by atoms with Crippen LogP contribution in [0.5, 0.6) is 34.5 Å². The van der Waals surface area contributed by atoms with Crippen molar-refractivity contribution in [1.29, 1.82) is 5.26 Å². The molecule has 0 bridgehead atoms. The van der Waals surface area contributed by atoms with Gasteiger partial charge in [-0.05, 0) is 66.9 Å². The van der Waals surface area contributed by atoms with Crippen LogP contribution in [0.4, 0.5) is 0 Å². The van der Waals surface area contributed by atoms with E-state index in [9.17, 15) is 15.3 Å². The fourth-order valence-electron chi connectivity index (χ4n) is 4.90. The van der Waals surface area contributed by atoms with Gasteiger partial charge in [-0.15, -0.1) is 0 Å². The molecule has 1 aliphatic heterocycles. The van der Waals surface area contributed by atoms with E-state index in [0.717, 1.165) is 27.3 Å². The first kappa shape index (κ1) is 74.0. The van der Waals surface area contributed by atoms with Crippen molar-refractivity contribution in [2.45, 2.75) is 26.9 Å². The minimum absolute atomic E-state index is 0. The van der Waals surface area contributed by atoms with Gasteiger partial charge in [0, 0.05) is 70.9 Å². The van der Waals surface area contributed by atoms with Gasteiger partial charge in [0.1, 0.15) is 17.2 Å². The first-order valence-electron chi connectivity index (χ1n) is 16.9. The maximum atomic E-state index is 13.4. The van der Waals surface area contributed by atoms with Gasteiger partial charge in [0.15, 0.2) is 0 Å². The minimum Gasteiger partial charge on any atom is -0.870 e. The number of carboxylic acids is 2. The van der Waals surface area contributed by atoms with E-state index in [1.165, 1.54) is 28.3 Å². The molecule has 3 aromatic carbocycles. The smallest absolute Gasteiger partial charge is 0.870 e. The number of rotatable bonds is 12. The van der Waals surface area contributed by atoms with Crippen molar-refractivity contribution in [3.05, 3.63) is 97.1 Å². The number of aliphatic carboxylic acids is 2. The second-order valence-electron chi connectivity index (χ2n) is 11.2. The molecule has 0 aromatic heterocycles. The van der Waals surface area contributed by atoms with Crippen LogP contribution in [0, 0.1) is 80.1 Å². The van der Waals surface area contributed by atoms with E-state index < -0.39 is 22.1 Å². The van der Waals surface area contributed by atoms with Crippen LogP contribution in [0.15, 0.2) is 59.8 Å². The maximum absolute atomic E-state index is 13.4. The Labute approximate surface area is 460 Å². The summed E-state index contributed by atoms with van der Waals surface area (Å²) in [6.45, 7) is 6.68. The first-order valence-corrected chi connectivity index (χ1v) is 19.3. The maximum Gasteiger partial charge on any atom is 3.00 e. The van der Waals surface area contributed by atoms with Crippen LogP contribution in [-0.4, -0.2) is 105 Å². The second kappa shape index (κ2) is 41.6. The molecule has 30 heteroatoms. The largest absolute Gasteiger partial charge is 3.00 e. The predicted molar refractivity (Wildman–Crippen MR) is 229 cm³/mol. The number of carboxylic acid groups (broad SMARTS) is 2. The molecule has 3 N–H and O–H groups in total. The summed E-state index contributed by atoms with van der Waals surface area (Å²) in [6, 6.07) is 11.9. The van der Waals surface area contributed by atoms with Gasteiger partial charge < -0.3 is 85.5 Å². The molecule has 0 aliphatic carbocycles. The minimum atomic E-state index is -1.75. The van der Waals surface area contributed by atoms with Crippen LogP contribution in [0.25, 0.3) is 0 Å². The molecule has 1 aliphatic rings. The van der Waals surface area contributed by atoms with Gasteiger partial charge in [0.2, 0.25) is 0 Å². The quantitative estimate of drug-likeness (QED) is 0.0792. The van der Waals surface area contributed by atoms with E-state index in [1.807, 2.05) is 6.07 Å². The molecular formula is C36H42Br3DyN7O17Zn2+. The molecule has 1 heterocycles. The summed E-state index contributed by atoms with van der Waals surface area (Å²) < 4.78 is 17.9. The number of carbonyl (C=O) groups is 2. The zero-order valence-corrected chi connectivity index (χ0v) is 48.8. The predicted octanol–water partition coefficient (Wildman–Crippen LogP) is 0.712. The summed E-state index contributed by atoms with van der Waals surface area (Å²) >= 11 is 10.3. The summed E-state index contributed by atoms with van der Waals surface area (Å²) in [5.74, 6) is -2.08. The van der Waals surface area contributed by atoms with E-state index in [1.54, 1.807) is 48.8 Å². The van der Waals surface area contributed by atoms with E-state index in [4.69, 9.17) is 69.9 Å². The molecule has 1 fully saturated rings. The second-order valence-corrected chi connectivity index (χ2v) is 14.0. The van der Waals surface area contributed by atoms with Gasteiger partial charge in [-0.25, -0.2) is 0 Å². The summed E-state index contributed by atoms with van der Waals surface area (Å²) in [4.78, 5) is 47.6. The van der Waals surface area contributed by atoms with Crippen molar-refractivity contribution >= 4 is 72.2 Å². The van der Waals surface area contributed by atoms with Crippen molar-refractivity contribution in [1.82, 2.24) is 9.80 Å². The summed E-state index contributed by atoms with van der Waals surface area (Å²) in [5, 5.41) is 93.1. The fourth-order valence-corrected chi connectivity index (χ4v) is 6.26. The molecule has 1 saturated heterocycles. The number of halogens is 3. The Bertz CT molecular complexity index is 1900. The molecule has 357 valence electrons. The zero-order chi connectivity index (χ0) is 48.1. The molecular weight excluding hydrogens is 1340 g/mol. The Morgan fingerprint density at radius 3 is 1.24 bits per heavy atom. The first-order chi connectivity index (χ1) is 29.0. The normalized spacial score (nSPS) is 12.0. The number of ether oxygens (including phenoxy) is 3. The molecule has 1 radical (unpaired) electrons. The van der Waals surface area contributed by atoms with Crippen molar-refractivity contribution in [2.75, 3.05) is 60.6 Å². The molecule has 0 atom stereocenters. The number of nitriles is 1. The van der Waals surface area contributed by atoms with Gasteiger partial charge >= 0.3 is 77.1 Å². The molecule has 4 rings (SSSR count). The van der Waals surface area contributed by atoms with Crippen LogP contribution in [0.2, 0.25) is 0 Å². The third kappa shape index (κ3) is 32.2. The average molecular weight is 1380 g/mol. The SMILES string of the molecule is CC#N.CC(=O)[O-].CC(=O)[O-].COc1cc(Br)cc(C=NCCN2CCN(CCN=Cc3cc(Br)cc(OC)c3[O-])C2c2cc(Br)cc(OC)c2[O-])c1[O-].O=[N+]([O-])[O-].O=[N+]([O-])[O-].[Dy+3].[OH3+].[Zn+2].[Zn+2]. The fraction of sp³-hybridized carbons (Fsp3) is 0.361. The molecule has 0 amide bonds. The molecule has 0 saturated carbocycles. The van der Waals surface area contributed by atoms with E-state index >= 15 is 0 Å². The van der Waals surface area contributed by atoms with Crippen LogP contribution in [0.1, 0.15) is 43.6 Å². The molecule has 3 aromatic rings. The molecule has 66 heavy (non-hydrogen) atoms. The molecule has 24 nitrogen and oxygen atoms in total. The Hall–Kier alpha value is -3.53. The summed E-state index contributed by atoms with van der Waals surface area (Å²) in [6.07, 6.45) is 2.76. The van der Waals surface area contributed by atoms with Gasteiger partial charge in [-0.1, -0.05) is 65.0 Å². The molecule has 0 spiro atoms.